The first-order chi connectivity index (χ1) is 8.90. The molecular weight excluding hydrogens is 316 g/mol. The zero-order valence-electron chi connectivity index (χ0n) is 10.0. The third kappa shape index (κ3) is 2.66. The molecule has 0 fully saturated rings. The second kappa shape index (κ2) is 5.09. The molecule has 19 heavy (non-hydrogen) atoms. The van der Waals surface area contributed by atoms with Gasteiger partial charge in [-0.05, 0) is 52.7 Å². The Morgan fingerprint density at radius 2 is 1.84 bits per heavy atom. The van der Waals surface area contributed by atoms with E-state index >= 15 is 0 Å². The van der Waals surface area contributed by atoms with Crippen LogP contribution in [0.2, 0.25) is 0 Å². The number of nitrogens with two attached hydrogens (primary N) is 1. The van der Waals surface area contributed by atoms with Crippen molar-refractivity contribution in [2.75, 3.05) is 5.73 Å². The van der Waals surface area contributed by atoms with Crippen molar-refractivity contribution in [3.8, 4) is 0 Å². The molecule has 98 valence electrons. The number of hydrogen-bond acceptors (Lipinski definition) is 2. The molecule has 2 aromatic rings. The minimum atomic E-state index is -0.874. The van der Waals surface area contributed by atoms with E-state index in [0.29, 0.717) is 10.2 Å². The fourth-order valence-corrected chi connectivity index (χ4v) is 2.03. The summed E-state index contributed by atoms with van der Waals surface area (Å²) in [7, 11) is 0. The van der Waals surface area contributed by atoms with Crippen LogP contribution in [0, 0.1) is 18.6 Å². The maximum Gasteiger partial charge on any atom is 0.196 e. The summed E-state index contributed by atoms with van der Waals surface area (Å²) < 4.78 is 27.4. The van der Waals surface area contributed by atoms with Gasteiger partial charge in [0.15, 0.2) is 5.78 Å². The Hall–Kier alpha value is -1.75. The third-order valence-electron chi connectivity index (χ3n) is 2.76. The molecule has 0 aliphatic carbocycles. The molecule has 0 saturated heterocycles. The normalized spacial score (nSPS) is 10.5. The first kappa shape index (κ1) is 13.7. The van der Waals surface area contributed by atoms with Crippen LogP contribution in [0.25, 0.3) is 0 Å². The van der Waals surface area contributed by atoms with Crippen LogP contribution < -0.4 is 5.73 Å². The Balaban J connectivity index is 2.49. The van der Waals surface area contributed by atoms with E-state index in [1.807, 2.05) is 0 Å². The molecule has 0 aliphatic heterocycles. The van der Waals surface area contributed by atoms with Crippen LogP contribution in [0.4, 0.5) is 14.5 Å². The molecule has 2 rings (SSSR count). The van der Waals surface area contributed by atoms with Crippen molar-refractivity contribution < 1.29 is 13.6 Å². The summed E-state index contributed by atoms with van der Waals surface area (Å²) >= 11 is 3.20. The maximum absolute atomic E-state index is 13.6. The second-order valence-electron chi connectivity index (χ2n) is 4.15. The van der Waals surface area contributed by atoms with Gasteiger partial charge in [0.25, 0.3) is 0 Å². The van der Waals surface area contributed by atoms with Crippen molar-refractivity contribution in [1.82, 2.24) is 0 Å². The second-order valence-corrected chi connectivity index (χ2v) is 5.00. The molecule has 0 aromatic heterocycles. The lowest BCUT2D eigenvalue weighted by atomic mass is 10.0. The number of aryl methyl sites for hydroxylation is 1. The highest BCUT2D eigenvalue weighted by Crippen LogP contribution is 2.23. The molecule has 0 bridgehead atoms. The quantitative estimate of drug-likeness (QED) is 0.673. The Kier molecular flexibility index (Phi) is 3.66. The minimum Gasteiger partial charge on any atom is -0.398 e. The van der Waals surface area contributed by atoms with Gasteiger partial charge in [0, 0.05) is 21.8 Å². The number of ketones is 1. The number of nitrogen functional groups attached to an aromatic ring is 1. The number of carbonyl (C=O) groups excluding carboxylic acids is 1. The summed E-state index contributed by atoms with van der Waals surface area (Å²) in [4.78, 5) is 12.2. The Morgan fingerprint density at radius 1 is 1.16 bits per heavy atom. The van der Waals surface area contributed by atoms with E-state index in [1.165, 1.54) is 25.1 Å². The Labute approximate surface area is 117 Å². The average Bonchev–Trinajstić information content (AvgIpc) is 2.36. The number of anilines is 1. The van der Waals surface area contributed by atoms with Gasteiger partial charge >= 0.3 is 0 Å². The summed E-state index contributed by atoms with van der Waals surface area (Å²) in [5.74, 6) is -2.06. The summed E-state index contributed by atoms with van der Waals surface area (Å²) in [6.07, 6.45) is 0. The van der Waals surface area contributed by atoms with Gasteiger partial charge in [-0.25, -0.2) is 8.78 Å². The molecule has 0 spiro atoms. The summed E-state index contributed by atoms with van der Waals surface area (Å²) in [5.41, 5.74) is 6.45. The van der Waals surface area contributed by atoms with Gasteiger partial charge < -0.3 is 5.73 Å². The molecule has 0 radical (unpaired) electrons. The lowest BCUT2D eigenvalue weighted by Crippen LogP contribution is -2.06. The van der Waals surface area contributed by atoms with Gasteiger partial charge in [0.1, 0.15) is 11.6 Å². The predicted molar refractivity (Wildman–Crippen MR) is 73.1 cm³/mol. The zero-order valence-corrected chi connectivity index (χ0v) is 11.6. The van der Waals surface area contributed by atoms with E-state index < -0.39 is 17.4 Å². The number of halogens is 3. The van der Waals surface area contributed by atoms with Crippen LogP contribution in [0.5, 0.6) is 0 Å². The van der Waals surface area contributed by atoms with Gasteiger partial charge in [-0.3, -0.25) is 4.79 Å². The standard InChI is InChI=1S/C14H10BrF2NO/c1-7-4-9(12(17)6-11(7)16)14(19)8-2-3-13(18)10(15)5-8/h2-6H,18H2,1H3. The van der Waals surface area contributed by atoms with Gasteiger partial charge in [-0.15, -0.1) is 0 Å². The molecule has 0 unspecified atom stereocenters. The minimum absolute atomic E-state index is 0.157. The molecular formula is C14H10BrF2NO. The van der Waals surface area contributed by atoms with Gasteiger partial charge in [-0.2, -0.15) is 0 Å². The first-order valence-electron chi connectivity index (χ1n) is 5.45. The summed E-state index contributed by atoms with van der Waals surface area (Å²) in [6, 6.07) is 6.48. The number of rotatable bonds is 2. The molecule has 0 heterocycles. The van der Waals surface area contributed by atoms with Crippen LogP contribution >= 0.6 is 15.9 Å². The van der Waals surface area contributed by atoms with E-state index in [2.05, 4.69) is 15.9 Å². The highest BCUT2D eigenvalue weighted by atomic mass is 79.9. The van der Waals surface area contributed by atoms with Gasteiger partial charge in [-0.1, -0.05) is 0 Å². The molecule has 2 nitrogen and oxygen atoms in total. The van der Waals surface area contributed by atoms with Crippen molar-refractivity contribution in [2.24, 2.45) is 0 Å². The molecule has 0 atom stereocenters. The maximum atomic E-state index is 13.6. The van der Waals surface area contributed by atoms with Crippen LogP contribution in [-0.4, -0.2) is 5.78 Å². The summed E-state index contributed by atoms with van der Waals surface area (Å²) in [6.45, 7) is 1.48. The van der Waals surface area contributed by atoms with Crippen molar-refractivity contribution >= 4 is 27.4 Å². The lowest BCUT2D eigenvalue weighted by molar-refractivity contribution is 0.103. The zero-order chi connectivity index (χ0) is 14.2. The van der Waals surface area contributed by atoms with Crippen LogP contribution in [0.3, 0.4) is 0 Å². The molecule has 0 saturated carbocycles. The van der Waals surface area contributed by atoms with E-state index in [0.717, 1.165) is 6.07 Å². The average molecular weight is 326 g/mol. The van der Waals surface area contributed by atoms with Crippen LogP contribution in [0.15, 0.2) is 34.8 Å². The van der Waals surface area contributed by atoms with Crippen molar-refractivity contribution in [3.63, 3.8) is 0 Å². The van der Waals surface area contributed by atoms with Gasteiger partial charge in [0.2, 0.25) is 0 Å². The van der Waals surface area contributed by atoms with E-state index in [1.54, 1.807) is 6.07 Å². The number of hydrogen-bond donors (Lipinski definition) is 1. The van der Waals surface area contributed by atoms with Crippen molar-refractivity contribution in [2.45, 2.75) is 6.92 Å². The summed E-state index contributed by atoms with van der Waals surface area (Å²) in [5, 5.41) is 0. The van der Waals surface area contributed by atoms with Gasteiger partial charge in [0.05, 0.1) is 5.56 Å². The van der Waals surface area contributed by atoms with E-state index in [-0.39, 0.29) is 16.7 Å². The molecule has 5 heteroatoms. The SMILES string of the molecule is Cc1cc(C(=O)c2ccc(N)c(Br)c2)c(F)cc1F. The predicted octanol–water partition coefficient (Wildman–Crippen LogP) is 3.85. The number of benzene rings is 2. The highest BCUT2D eigenvalue weighted by Gasteiger charge is 2.17. The molecule has 0 amide bonds. The van der Waals surface area contributed by atoms with Crippen LogP contribution in [-0.2, 0) is 0 Å². The fraction of sp³-hybridized carbons (Fsp3) is 0.0714. The fourth-order valence-electron chi connectivity index (χ4n) is 1.66. The van der Waals surface area contributed by atoms with E-state index in [9.17, 15) is 13.6 Å². The van der Waals surface area contributed by atoms with Crippen molar-refractivity contribution in [1.29, 1.82) is 0 Å². The molecule has 2 N–H and O–H groups in total. The Bertz CT molecular complexity index is 671. The monoisotopic (exact) mass is 325 g/mol. The largest absolute Gasteiger partial charge is 0.398 e. The van der Waals surface area contributed by atoms with E-state index in [4.69, 9.17) is 5.73 Å². The van der Waals surface area contributed by atoms with Crippen LogP contribution in [0.1, 0.15) is 21.5 Å². The highest BCUT2D eigenvalue weighted by molar-refractivity contribution is 9.10. The lowest BCUT2D eigenvalue weighted by Gasteiger charge is -2.06. The first-order valence-corrected chi connectivity index (χ1v) is 6.25. The molecule has 2 aromatic carbocycles. The topological polar surface area (TPSA) is 43.1 Å². The van der Waals surface area contributed by atoms with Crippen molar-refractivity contribution in [3.05, 3.63) is 63.1 Å². The number of carbonyl (C=O) groups is 1. The smallest absolute Gasteiger partial charge is 0.196 e. The third-order valence-corrected chi connectivity index (χ3v) is 3.44. The molecule has 0 aliphatic rings. The Morgan fingerprint density at radius 3 is 2.47 bits per heavy atom.